The number of para-hydroxylation sites is 2. The number of amides is 1. The van der Waals surface area contributed by atoms with Crippen LogP contribution in [-0.4, -0.2) is 35.5 Å². The van der Waals surface area contributed by atoms with Crippen LogP contribution in [0.5, 0.6) is 17.2 Å². The summed E-state index contributed by atoms with van der Waals surface area (Å²) in [5, 5.41) is 7.53. The van der Waals surface area contributed by atoms with Crippen molar-refractivity contribution in [1.82, 2.24) is 9.78 Å². The fourth-order valence-corrected chi connectivity index (χ4v) is 3.56. The Morgan fingerprint density at radius 2 is 1.97 bits per heavy atom. The van der Waals surface area contributed by atoms with E-state index in [1.807, 2.05) is 42.5 Å². The van der Waals surface area contributed by atoms with E-state index in [2.05, 4.69) is 10.4 Å². The topological polar surface area (TPSA) is 74.6 Å². The first-order valence-electron chi connectivity index (χ1n) is 10.6. The van der Waals surface area contributed by atoms with E-state index >= 15 is 0 Å². The van der Waals surface area contributed by atoms with Gasteiger partial charge < -0.3 is 19.5 Å². The van der Waals surface area contributed by atoms with E-state index in [9.17, 15) is 4.79 Å². The van der Waals surface area contributed by atoms with Gasteiger partial charge in [-0.3, -0.25) is 9.48 Å². The summed E-state index contributed by atoms with van der Waals surface area (Å²) < 4.78 is 19.1. The van der Waals surface area contributed by atoms with E-state index in [0.717, 1.165) is 12.0 Å². The highest BCUT2D eigenvalue weighted by atomic mass is 16.5. The van der Waals surface area contributed by atoms with Gasteiger partial charge in [-0.2, -0.15) is 5.10 Å². The highest BCUT2D eigenvalue weighted by molar-refractivity contribution is 6.08. The zero-order chi connectivity index (χ0) is 21.2. The number of fused-ring (bicyclic) bond motifs is 1. The van der Waals surface area contributed by atoms with Gasteiger partial charge in [0.1, 0.15) is 11.4 Å². The molecule has 2 aromatic carbocycles. The Morgan fingerprint density at radius 1 is 1.16 bits per heavy atom. The molecule has 1 aliphatic heterocycles. The molecule has 5 rings (SSSR count). The second kappa shape index (κ2) is 8.34. The lowest BCUT2D eigenvalue weighted by molar-refractivity contribution is 0.102. The van der Waals surface area contributed by atoms with Crippen LogP contribution in [0.3, 0.4) is 0 Å². The molecule has 2 heterocycles. The molecule has 0 atom stereocenters. The molecule has 31 heavy (non-hydrogen) atoms. The van der Waals surface area contributed by atoms with Crippen molar-refractivity contribution >= 4 is 11.6 Å². The number of nitrogens with zero attached hydrogens (tertiary/aromatic N) is 2. The number of carbonyl (C=O) groups is 1. The Balaban J connectivity index is 1.41. The van der Waals surface area contributed by atoms with Gasteiger partial charge in [0.05, 0.1) is 31.1 Å². The molecule has 160 valence electrons. The molecule has 1 fully saturated rings. The number of ether oxygens (including phenoxy) is 3. The van der Waals surface area contributed by atoms with Crippen molar-refractivity contribution in [2.45, 2.75) is 19.3 Å². The van der Waals surface area contributed by atoms with Crippen molar-refractivity contribution in [3.8, 4) is 28.5 Å². The Kier molecular flexibility index (Phi) is 5.24. The zero-order valence-corrected chi connectivity index (χ0v) is 17.5. The number of carbonyl (C=O) groups excluding carboxylic acids is 1. The van der Waals surface area contributed by atoms with Gasteiger partial charge in [-0.25, -0.2) is 0 Å². The summed E-state index contributed by atoms with van der Waals surface area (Å²) in [7, 11) is 1.80. The summed E-state index contributed by atoms with van der Waals surface area (Å²) in [6.07, 6.45) is 4.98. The van der Waals surface area contributed by atoms with Crippen LogP contribution in [0.1, 0.15) is 29.6 Å². The Hall–Kier alpha value is -3.48. The summed E-state index contributed by atoms with van der Waals surface area (Å²) >= 11 is 0. The van der Waals surface area contributed by atoms with Gasteiger partial charge in [-0.05, 0) is 49.1 Å². The molecule has 3 aromatic rings. The molecule has 1 amide bonds. The van der Waals surface area contributed by atoms with Crippen LogP contribution in [0.25, 0.3) is 11.3 Å². The van der Waals surface area contributed by atoms with E-state index < -0.39 is 0 Å². The third-order valence-electron chi connectivity index (χ3n) is 5.40. The molecule has 7 nitrogen and oxygen atoms in total. The molecule has 1 N–H and O–H groups in total. The fraction of sp³-hybridized carbons (Fsp3) is 0.333. The van der Waals surface area contributed by atoms with Gasteiger partial charge in [0.2, 0.25) is 0 Å². The van der Waals surface area contributed by atoms with Gasteiger partial charge >= 0.3 is 0 Å². The average molecular weight is 419 g/mol. The smallest absolute Gasteiger partial charge is 0.259 e. The second-order valence-corrected chi connectivity index (χ2v) is 7.98. The predicted molar refractivity (Wildman–Crippen MR) is 117 cm³/mol. The number of hydrogen-bond donors (Lipinski definition) is 1. The van der Waals surface area contributed by atoms with Crippen molar-refractivity contribution in [3.05, 3.63) is 54.2 Å². The van der Waals surface area contributed by atoms with Crippen LogP contribution < -0.4 is 19.5 Å². The van der Waals surface area contributed by atoms with Crippen LogP contribution in [-0.2, 0) is 7.05 Å². The minimum Gasteiger partial charge on any atom is -0.491 e. The van der Waals surface area contributed by atoms with E-state index in [0.29, 0.717) is 59.9 Å². The maximum atomic E-state index is 13.2. The summed E-state index contributed by atoms with van der Waals surface area (Å²) in [5.41, 5.74) is 2.52. The van der Waals surface area contributed by atoms with Gasteiger partial charge in [0.15, 0.2) is 11.5 Å². The summed E-state index contributed by atoms with van der Waals surface area (Å²) in [4.78, 5) is 13.2. The minimum absolute atomic E-state index is 0.238. The number of aromatic nitrogens is 2. The molecule has 0 saturated heterocycles. The highest BCUT2D eigenvalue weighted by Gasteiger charge is 2.23. The van der Waals surface area contributed by atoms with E-state index in [4.69, 9.17) is 14.2 Å². The molecule has 0 unspecified atom stereocenters. The SMILES string of the molecule is Cn1cc(C(=O)Nc2ccccc2OCC2CC2)c(-c2ccc3c(c2)OCCCO3)n1. The van der Waals surface area contributed by atoms with Crippen molar-refractivity contribution in [2.75, 3.05) is 25.1 Å². The Labute approximate surface area is 180 Å². The van der Waals surface area contributed by atoms with Gasteiger partial charge in [-0.15, -0.1) is 0 Å². The number of hydrogen-bond acceptors (Lipinski definition) is 5. The van der Waals surface area contributed by atoms with Crippen molar-refractivity contribution in [3.63, 3.8) is 0 Å². The molecule has 0 spiro atoms. The van der Waals surface area contributed by atoms with Crippen molar-refractivity contribution in [2.24, 2.45) is 13.0 Å². The quantitative estimate of drug-likeness (QED) is 0.645. The minimum atomic E-state index is -0.238. The third kappa shape index (κ3) is 4.35. The van der Waals surface area contributed by atoms with Gasteiger partial charge in [0.25, 0.3) is 5.91 Å². The zero-order valence-electron chi connectivity index (χ0n) is 17.5. The van der Waals surface area contributed by atoms with Crippen LogP contribution in [0.2, 0.25) is 0 Å². The molecule has 0 bridgehead atoms. The maximum absolute atomic E-state index is 13.2. The molecular weight excluding hydrogens is 394 g/mol. The molecule has 2 aliphatic rings. The second-order valence-electron chi connectivity index (χ2n) is 7.98. The molecule has 0 radical (unpaired) electrons. The van der Waals surface area contributed by atoms with Gasteiger partial charge in [0, 0.05) is 25.2 Å². The predicted octanol–water partition coefficient (Wildman–Crippen LogP) is 4.29. The first-order valence-corrected chi connectivity index (χ1v) is 10.6. The normalized spacial score (nSPS) is 15.3. The number of rotatable bonds is 6. The number of anilines is 1. The molecule has 1 aliphatic carbocycles. The monoisotopic (exact) mass is 419 g/mol. The van der Waals surface area contributed by atoms with Crippen LogP contribution in [0.4, 0.5) is 5.69 Å². The number of nitrogens with one attached hydrogen (secondary N) is 1. The lowest BCUT2D eigenvalue weighted by Gasteiger charge is -2.12. The lowest BCUT2D eigenvalue weighted by atomic mass is 10.1. The number of aryl methyl sites for hydroxylation is 1. The fourth-order valence-electron chi connectivity index (χ4n) is 3.56. The summed E-state index contributed by atoms with van der Waals surface area (Å²) in [6.45, 7) is 1.91. The standard InChI is InChI=1S/C24H25N3O4/c1-27-14-18(23(26-27)17-9-10-21-22(13-17)30-12-4-11-29-21)24(28)25-19-5-2-3-6-20(19)31-15-16-7-8-16/h2-3,5-6,9-10,13-14,16H,4,7-8,11-12,15H2,1H3,(H,25,28). The summed E-state index contributed by atoms with van der Waals surface area (Å²) in [6, 6.07) is 13.2. The molecule has 7 heteroatoms. The number of benzene rings is 2. The highest BCUT2D eigenvalue weighted by Crippen LogP contribution is 2.35. The first kappa shape index (κ1) is 19.5. The van der Waals surface area contributed by atoms with Crippen molar-refractivity contribution in [1.29, 1.82) is 0 Å². The van der Waals surface area contributed by atoms with E-state index in [-0.39, 0.29) is 5.91 Å². The summed E-state index contributed by atoms with van der Waals surface area (Å²) in [5.74, 6) is 2.46. The van der Waals surface area contributed by atoms with Gasteiger partial charge in [-0.1, -0.05) is 12.1 Å². The maximum Gasteiger partial charge on any atom is 0.259 e. The van der Waals surface area contributed by atoms with Crippen molar-refractivity contribution < 1.29 is 19.0 Å². The lowest BCUT2D eigenvalue weighted by Crippen LogP contribution is -2.13. The first-order chi connectivity index (χ1) is 15.2. The van der Waals surface area contributed by atoms with Crippen LogP contribution in [0, 0.1) is 5.92 Å². The van der Waals surface area contributed by atoms with Crippen LogP contribution >= 0.6 is 0 Å². The Bertz CT molecular complexity index is 1100. The molecule has 1 saturated carbocycles. The van der Waals surface area contributed by atoms with E-state index in [1.54, 1.807) is 17.9 Å². The average Bonchev–Trinajstić information content (AvgIpc) is 3.56. The Morgan fingerprint density at radius 3 is 2.81 bits per heavy atom. The largest absolute Gasteiger partial charge is 0.491 e. The third-order valence-corrected chi connectivity index (χ3v) is 5.40. The molecule has 1 aromatic heterocycles. The molecular formula is C24H25N3O4. The van der Waals surface area contributed by atoms with Crippen LogP contribution in [0.15, 0.2) is 48.7 Å². The van der Waals surface area contributed by atoms with E-state index in [1.165, 1.54) is 12.8 Å².